The third kappa shape index (κ3) is 3.00. The molecule has 0 fully saturated rings. The molecule has 0 atom stereocenters. The lowest BCUT2D eigenvalue weighted by atomic mass is 10.1. The number of nitro groups is 1. The van der Waals surface area contributed by atoms with Gasteiger partial charge in [-0.2, -0.15) is 14.0 Å². The zero-order valence-electron chi connectivity index (χ0n) is 9.44. The van der Waals surface area contributed by atoms with E-state index in [1.54, 1.807) is 0 Å². The van der Waals surface area contributed by atoms with E-state index in [2.05, 4.69) is 0 Å². The second kappa shape index (κ2) is 5.52. The summed E-state index contributed by atoms with van der Waals surface area (Å²) in [5, 5.41) is 20.6. The van der Waals surface area contributed by atoms with Gasteiger partial charge in [0, 0.05) is 12.1 Å². The van der Waals surface area contributed by atoms with E-state index in [-0.39, 0.29) is 0 Å². The van der Waals surface area contributed by atoms with E-state index in [0.717, 1.165) is 18.2 Å². The molecule has 0 saturated carbocycles. The third-order valence-electron chi connectivity index (χ3n) is 2.16. The lowest BCUT2D eigenvalue weighted by Gasteiger charge is -2.15. The van der Waals surface area contributed by atoms with Gasteiger partial charge in [0.1, 0.15) is 6.07 Å². The van der Waals surface area contributed by atoms with Crippen molar-refractivity contribution in [3.63, 3.8) is 0 Å². The number of benzene rings is 1. The standard InChI is InChI=1S/C10H5F4N3O3/c11-8(12)10(13,14)9(18)16-7-2-1-6(17(19)20)3-5(7)4-15/h1-3,8H,(H,16,18). The predicted octanol–water partition coefficient (Wildman–Crippen LogP) is 2.31. The van der Waals surface area contributed by atoms with Crippen molar-refractivity contribution in [2.75, 3.05) is 5.32 Å². The molecule has 0 heterocycles. The molecule has 1 rings (SSSR count). The molecule has 1 aromatic rings. The Morgan fingerprint density at radius 3 is 2.50 bits per heavy atom. The van der Waals surface area contributed by atoms with Gasteiger partial charge in [0.25, 0.3) is 5.69 Å². The molecule has 0 spiro atoms. The predicted molar refractivity (Wildman–Crippen MR) is 57.4 cm³/mol. The molecule has 6 nitrogen and oxygen atoms in total. The van der Waals surface area contributed by atoms with E-state index < -0.39 is 40.1 Å². The van der Waals surface area contributed by atoms with Crippen molar-refractivity contribution in [3.8, 4) is 6.07 Å². The van der Waals surface area contributed by atoms with Crippen molar-refractivity contribution in [2.45, 2.75) is 12.3 Å². The van der Waals surface area contributed by atoms with Gasteiger partial charge in [0.05, 0.1) is 16.2 Å². The first-order chi connectivity index (χ1) is 9.20. The van der Waals surface area contributed by atoms with Gasteiger partial charge in [-0.1, -0.05) is 0 Å². The summed E-state index contributed by atoms with van der Waals surface area (Å²) in [5.41, 5.74) is -1.54. The van der Waals surface area contributed by atoms with Crippen LogP contribution in [0.3, 0.4) is 0 Å². The maximum absolute atomic E-state index is 12.7. The number of alkyl halides is 4. The first-order valence-electron chi connectivity index (χ1n) is 4.86. The molecule has 106 valence electrons. The number of nitriles is 1. The second-order valence-corrected chi connectivity index (χ2v) is 3.48. The van der Waals surface area contributed by atoms with E-state index in [1.165, 1.54) is 11.4 Å². The highest BCUT2D eigenvalue weighted by atomic mass is 19.3. The van der Waals surface area contributed by atoms with E-state index in [4.69, 9.17) is 5.26 Å². The lowest BCUT2D eigenvalue weighted by molar-refractivity contribution is -0.384. The van der Waals surface area contributed by atoms with Crippen LogP contribution in [-0.4, -0.2) is 23.2 Å². The molecular formula is C10H5F4N3O3. The minimum absolute atomic E-state index is 0.502. The molecule has 0 aliphatic rings. The van der Waals surface area contributed by atoms with Crippen LogP contribution >= 0.6 is 0 Å². The Morgan fingerprint density at radius 2 is 2.05 bits per heavy atom. The molecule has 1 N–H and O–H groups in total. The molecule has 0 unspecified atom stereocenters. The summed E-state index contributed by atoms with van der Waals surface area (Å²) in [6.45, 7) is 0. The summed E-state index contributed by atoms with van der Waals surface area (Å²) in [6, 6.07) is 3.78. The number of nitro benzene ring substituents is 1. The van der Waals surface area contributed by atoms with Crippen LogP contribution in [0.1, 0.15) is 5.56 Å². The molecule has 0 aliphatic heterocycles. The van der Waals surface area contributed by atoms with Gasteiger partial charge in [-0.05, 0) is 6.07 Å². The van der Waals surface area contributed by atoms with Crippen molar-refractivity contribution in [2.24, 2.45) is 0 Å². The molecule has 0 aliphatic carbocycles. The zero-order chi connectivity index (χ0) is 15.5. The van der Waals surface area contributed by atoms with Crippen LogP contribution in [0.2, 0.25) is 0 Å². The van der Waals surface area contributed by atoms with Gasteiger partial charge in [0.2, 0.25) is 0 Å². The molecule has 10 heteroatoms. The number of carbonyl (C=O) groups excluding carboxylic acids is 1. The number of nitrogens with zero attached hydrogens (tertiary/aromatic N) is 2. The Labute approximate surface area is 108 Å². The van der Waals surface area contributed by atoms with E-state index >= 15 is 0 Å². The number of non-ortho nitro benzene ring substituents is 1. The van der Waals surface area contributed by atoms with Crippen LogP contribution in [0.5, 0.6) is 0 Å². The average molecular weight is 291 g/mol. The highest BCUT2D eigenvalue weighted by molar-refractivity contribution is 5.97. The van der Waals surface area contributed by atoms with Gasteiger partial charge in [-0.25, -0.2) is 8.78 Å². The van der Waals surface area contributed by atoms with E-state index in [9.17, 15) is 32.5 Å². The van der Waals surface area contributed by atoms with Crippen LogP contribution in [-0.2, 0) is 4.79 Å². The Hall–Kier alpha value is -2.70. The van der Waals surface area contributed by atoms with Gasteiger partial charge in [0.15, 0.2) is 0 Å². The molecule has 0 saturated heterocycles. The van der Waals surface area contributed by atoms with Crippen molar-refractivity contribution in [1.29, 1.82) is 5.26 Å². The summed E-state index contributed by atoms with van der Waals surface area (Å²) in [7, 11) is 0. The molecule has 1 amide bonds. The molecule has 0 aromatic heterocycles. The van der Waals surface area contributed by atoms with E-state index in [1.807, 2.05) is 0 Å². The minimum Gasteiger partial charge on any atom is -0.319 e. The third-order valence-corrected chi connectivity index (χ3v) is 2.16. The summed E-state index contributed by atoms with van der Waals surface area (Å²) in [5.74, 6) is -7.24. The fourth-order valence-corrected chi connectivity index (χ4v) is 1.15. The van der Waals surface area contributed by atoms with Crippen molar-refractivity contribution in [1.82, 2.24) is 0 Å². The average Bonchev–Trinajstić information content (AvgIpc) is 2.38. The summed E-state index contributed by atoms with van der Waals surface area (Å²) in [6.07, 6.45) is -4.22. The number of amides is 1. The quantitative estimate of drug-likeness (QED) is 0.523. The topological polar surface area (TPSA) is 96.0 Å². The molecule has 0 radical (unpaired) electrons. The molecule has 0 bridgehead atoms. The highest BCUT2D eigenvalue weighted by Crippen LogP contribution is 2.27. The van der Waals surface area contributed by atoms with Crippen molar-refractivity contribution >= 4 is 17.3 Å². The number of halogens is 4. The Morgan fingerprint density at radius 1 is 1.45 bits per heavy atom. The van der Waals surface area contributed by atoms with Crippen LogP contribution in [0.15, 0.2) is 18.2 Å². The van der Waals surface area contributed by atoms with E-state index in [0.29, 0.717) is 0 Å². The van der Waals surface area contributed by atoms with Gasteiger partial charge >= 0.3 is 18.3 Å². The fraction of sp³-hybridized carbons (Fsp3) is 0.200. The van der Waals surface area contributed by atoms with Crippen molar-refractivity contribution < 1.29 is 27.3 Å². The van der Waals surface area contributed by atoms with Crippen LogP contribution in [0.4, 0.5) is 28.9 Å². The van der Waals surface area contributed by atoms with Crippen LogP contribution < -0.4 is 5.32 Å². The summed E-state index contributed by atoms with van der Waals surface area (Å²) in [4.78, 5) is 20.6. The van der Waals surface area contributed by atoms with Crippen LogP contribution in [0, 0.1) is 21.4 Å². The van der Waals surface area contributed by atoms with Gasteiger partial charge in [-0.15, -0.1) is 0 Å². The Bertz CT molecular complexity index is 598. The normalized spacial score (nSPS) is 11.0. The lowest BCUT2D eigenvalue weighted by Crippen LogP contribution is -2.41. The largest absolute Gasteiger partial charge is 0.383 e. The molecular weight excluding hydrogens is 286 g/mol. The number of nitrogens with one attached hydrogen (secondary N) is 1. The smallest absolute Gasteiger partial charge is 0.319 e. The maximum Gasteiger partial charge on any atom is 0.383 e. The van der Waals surface area contributed by atoms with Gasteiger partial charge < -0.3 is 5.32 Å². The number of carbonyl (C=O) groups is 1. The number of rotatable bonds is 4. The first-order valence-corrected chi connectivity index (χ1v) is 4.86. The first kappa shape index (κ1) is 15.4. The Kier molecular flexibility index (Phi) is 4.24. The number of anilines is 1. The molecule has 20 heavy (non-hydrogen) atoms. The highest BCUT2D eigenvalue weighted by Gasteiger charge is 2.49. The number of hydrogen-bond acceptors (Lipinski definition) is 4. The summed E-state index contributed by atoms with van der Waals surface area (Å²) < 4.78 is 49.3. The SMILES string of the molecule is N#Cc1cc([N+](=O)[O-])ccc1NC(=O)C(F)(F)C(F)F. The number of hydrogen-bond donors (Lipinski definition) is 1. The van der Waals surface area contributed by atoms with Crippen molar-refractivity contribution in [3.05, 3.63) is 33.9 Å². The zero-order valence-corrected chi connectivity index (χ0v) is 9.44. The fourth-order valence-electron chi connectivity index (χ4n) is 1.15. The Balaban J connectivity index is 3.08. The molecule has 1 aromatic carbocycles. The summed E-state index contributed by atoms with van der Waals surface area (Å²) >= 11 is 0. The van der Waals surface area contributed by atoms with Gasteiger partial charge in [-0.3, -0.25) is 14.9 Å². The second-order valence-electron chi connectivity index (χ2n) is 3.48. The minimum atomic E-state index is -4.94. The monoisotopic (exact) mass is 291 g/mol. The maximum atomic E-state index is 12.7. The van der Waals surface area contributed by atoms with Crippen LogP contribution in [0.25, 0.3) is 0 Å².